The van der Waals surface area contributed by atoms with Gasteiger partial charge in [0.25, 0.3) is 5.91 Å². The lowest BCUT2D eigenvalue weighted by Crippen LogP contribution is -2.35. The highest BCUT2D eigenvalue weighted by atomic mass is 35.5. The van der Waals surface area contributed by atoms with Crippen molar-refractivity contribution < 1.29 is 9.59 Å². The van der Waals surface area contributed by atoms with E-state index in [-0.39, 0.29) is 23.3 Å². The zero-order chi connectivity index (χ0) is 17.4. The molecular formula is C18H16Cl2N2O2. The predicted octanol–water partition coefficient (Wildman–Crippen LogP) is 4.35. The van der Waals surface area contributed by atoms with Crippen LogP contribution in [0.4, 0.5) is 11.4 Å². The van der Waals surface area contributed by atoms with E-state index in [9.17, 15) is 9.59 Å². The molecule has 6 heteroatoms. The van der Waals surface area contributed by atoms with Crippen molar-refractivity contribution in [2.24, 2.45) is 0 Å². The lowest BCUT2D eigenvalue weighted by molar-refractivity contribution is -0.121. The molecule has 1 aliphatic rings. The van der Waals surface area contributed by atoms with Crippen LogP contribution in [-0.2, 0) is 9.59 Å². The summed E-state index contributed by atoms with van der Waals surface area (Å²) in [5.74, 6) is -0.597. The number of hydrogen-bond acceptors (Lipinski definition) is 3. The summed E-state index contributed by atoms with van der Waals surface area (Å²) < 4.78 is 0. The fourth-order valence-electron chi connectivity index (χ4n) is 2.88. The predicted molar refractivity (Wildman–Crippen MR) is 96.9 cm³/mol. The third-order valence-corrected chi connectivity index (χ3v) is 4.63. The van der Waals surface area contributed by atoms with Crippen LogP contribution in [0.1, 0.15) is 17.5 Å². The normalized spacial score (nSPS) is 17.5. The molecule has 1 saturated heterocycles. The monoisotopic (exact) mass is 362 g/mol. The molecule has 3 rings (SSSR count). The lowest BCUT2D eigenvalue weighted by atomic mass is 10.1. The number of para-hydroxylation sites is 1. The molecule has 0 aliphatic carbocycles. The molecule has 0 bridgehead atoms. The molecule has 2 amide bonds. The minimum atomic E-state index is -0.607. The average molecular weight is 363 g/mol. The second-order valence-corrected chi connectivity index (χ2v) is 6.67. The van der Waals surface area contributed by atoms with Gasteiger partial charge < -0.3 is 5.32 Å². The molecule has 0 radical (unpaired) electrons. The standard InChI is InChI=1S/C18H16Cl2N2O2/c1-10-4-3-5-11(2)17(10)21-14-9-16(23)22(18(14)24)15-7-6-12(19)8-13(15)20/h3-8,14,21H,9H2,1-2H3/t14-/m0/s1. The van der Waals surface area contributed by atoms with E-state index in [1.54, 1.807) is 12.1 Å². The number of imide groups is 1. The summed E-state index contributed by atoms with van der Waals surface area (Å²) >= 11 is 12.0. The largest absolute Gasteiger partial charge is 0.373 e. The Morgan fingerprint density at radius 1 is 1.08 bits per heavy atom. The van der Waals surface area contributed by atoms with Crippen molar-refractivity contribution in [3.63, 3.8) is 0 Å². The van der Waals surface area contributed by atoms with Gasteiger partial charge in [-0.3, -0.25) is 9.59 Å². The average Bonchev–Trinajstić information content (AvgIpc) is 2.78. The summed E-state index contributed by atoms with van der Waals surface area (Å²) in [5.41, 5.74) is 3.30. The van der Waals surface area contributed by atoms with Crippen molar-refractivity contribution in [2.45, 2.75) is 26.3 Å². The van der Waals surface area contributed by atoms with Crippen molar-refractivity contribution in [3.05, 3.63) is 57.6 Å². The Labute approximate surface area is 150 Å². The van der Waals surface area contributed by atoms with Gasteiger partial charge in [0, 0.05) is 10.7 Å². The van der Waals surface area contributed by atoms with Gasteiger partial charge in [0.2, 0.25) is 5.91 Å². The van der Waals surface area contributed by atoms with E-state index in [4.69, 9.17) is 23.2 Å². The summed E-state index contributed by atoms with van der Waals surface area (Å²) in [6.07, 6.45) is 0.0889. The number of anilines is 2. The molecule has 0 saturated carbocycles. The van der Waals surface area contributed by atoms with Crippen molar-refractivity contribution in [1.29, 1.82) is 0 Å². The maximum Gasteiger partial charge on any atom is 0.256 e. The third-order valence-electron chi connectivity index (χ3n) is 4.10. The van der Waals surface area contributed by atoms with Crippen LogP contribution in [0.3, 0.4) is 0 Å². The number of aryl methyl sites for hydroxylation is 2. The van der Waals surface area contributed by atoms with Crippen molar-refractivity contribution in [3.8, 4) is 0 Å². The summed E-state index contributed by atoms with van der Waals surface area (Å²) in [4.78, 5) is 26.2. The van der Waals surface area contributed by atoms with Gasteiger partial charge in [-0.1, -0.05) is 41.4 Å². The molecule has 1 fully saturated rings. The topological polar surface area (TPSA) is 49.4 Å². The third kappa shape index (κ3) is 2.99. The molecule has 1 atom stereocenters. The summed E-state index contributed by atoms with van der Waals surface area (Å²) in [5, 5.41) is 3.93. The van der Waals surface area contributed by atoms with E-state index in [0.717, 1.165) is 21.7 Å². The molecule has 0 unspecified atom stereocenters. The smallest absolute Gasteiger partial charge is 0.256 e. The van der Waals surface area contributed by atoms with Gasteiger partial charge in [-0.25, -0.2) is 4.90 Å². The minimum absolute atomic E-state index is 0.0889. The van der Waals surface area contributed by atoms with Gasteiger partial charge in [0.05, 0.1) is 17.1 Å². The van der Waals surface area contributed by atoms with Crippen LogP contribution >= 0.6 is 23.2 Å². The highest BCUT2D eigenvalue weighted by Crippen LogP contribution is 2.33. The van der Waals surface area contributed by atoms with E-state index in [1.807, 2.05) is 32.0 Å². The first-order chi connectivity index (χ1) is 11.4. The Kier molecular flexibility index (Phi) is 4.52. The number of rotatable bonds is 3. The Bertz CT molecular complexity index is 816. The molecule has 1 heterocycles. The van der Waals surface area contributed by atoms with Crippen molar-refractivity contribution in [2.75, 3.05) is 10.2 Å². The van der Waals surface area contributed by atoms with E-state index >= 15 is 0 Å². The Morgan fingerprint density at radius 3 is 2.38 bits per heavy atom. The molecular weight excluding hydrogens is 347 g/mol. The SMILES string of the molecule is Cc1cccc(C)c1N[C@H]1CC(=O)N(c2ccc(Cl)cc2Cl)C1=O. The summed E-state index contributed by atoms with van der Waals surface area (Å²) in [7, 11) is 0. The fraction of sp³-hybridized carbons (Fsp3) is 0.222. The van der Waals surface area contributed by atoms with Crippen LogP contribution in [0.5, 0.6) is 0 Å². The summed E-state index contributed by atoms with van der Waals surface area (Å²) in [6, 6.07) is 9.98. The van der Waals surface area contributed by atoms with E-state index < -0.39 is 6.04 Å². The van der Waals surface area contributed by atoms with E-state index in [1.165, 1.54) is 6.07 Å². The van der Waals surface area contributed by atoms with Gasteiger partial charge in [-0.15, -0.1) is 0 Å². The van der Waals surface area contributed by atoms with Crippen LogP contribution < -0.4 is 10.2 Å². The number of carbonyl (C=O) groups excluding carboxylic acids is 2. The molecule has 1 N–H and O–H groups in total. The Morgan fingerprint density at radius 2 is 1.75 bits per heavy atom. The first-order valence-corrected chi connectivity index (χ1v) is 8.28. The van der Waals surface area contributed by atoms with E-state index in [2.05, 4.69) is 5.32 Å². The van der Waals surface area contributed by atoms with E-state index in [0.29, 0.717) is 10.7 Å². The number of amides is 2. The Hall–Kier alpha value is -2.04. The van der Waals surface area contributed by atoms with Crippen molar-refractivity contribution in [1.82, 2.24) is 0 Å². The first kappa shape index (κ1) is 16.8. The molecule has 0 aromatic heterocycles. The fourth-order valence-corrected chi connectivity index (χ4v) is 3.37. The molecule has 4 nitrogen and oxygen atoms in total. The number of nitrogens with zero attached hydrogens (tertiary/aromatic N) is 1. The Balaban J connectivity index is 1.89. The highest BCUT2D eigenvalue weighted by molar-refractivity contribution is 6.38. The summed E-state index contributed by atoms with van der Waals surface area (Å²) in [6.45, 7) is 3.93. The van der Waals surface area contributed by atoms with Gasteiger partial charge in [0.15, 0.2) is 0 Å². The quantitative estimate of drug-likeness (QED) is 0.825. The van der Waals surface area contributed by atoms with Crippen LogP contribution in [0.2, 0.25) is 10.0 Å². The number of carbonyl (C=O) groups is 2. The maximum absolute atomic E-state index is 12.7. The molecule has 124 valence electrons. The number of halogens is 2. The van der Waals surface area contributed by atoms with Crippen LogP contribution in [0, 0.1) is 13.8 Å². The van der Waals surface area contributed by atoms with Gasteiger partial charge in [0.1, 0.15) is 6.04 Å². The first-order valence-electron chi connectivity index (χ1n) is 7.53. The molecule has 2 aromatic rings. The van der Waals surface area contributed by atoms with Crippen LogP contribution in [-0.4, -0.2) is 17.9 Å². The number of benzene rings is 2. The van der Waals surface area contributed by atoms with Crippen LogP contribution in [0.25, 0.3) is 0 Å². The minimum Gasteiger partial charge on any atom is -0.373 e. The molecule has 2 aromatic carbocycles. The second kappa shape index (κ2) is 6.46. The zero-order valence-corrected chi connectivity index (χ0v) is 14.8. The van der Waals surface area contributed by atoms with Gasteiger partial charge in [-0.2, -0.15) is 0 Å². The molecule has 0 spiro atoms. The highest BCUT2D eigenvalue weighted by Gasteiger charge is 2.40. The number of hydrogen-bond donors (Lipinski definition) is 1. The zero-order valence-electron chi connectivity index (χ0n) is 13.3. The molecule has 1 aliphatic heterocycles. The van der Waals surface area contributed by atoms with Gasteiger partial charge in [-0.05, 0) is 43.2 Å². The molecule has 24 heavy (non-hydrogen) atoms. The van der Waals surface area contributed by atoms with Crippen LogP contribution in [0.15, 0.2) is 36.4 Å². The number of nitrogens with one attached hydrogen (secondary N) is 1. The van der Waals surface area contributed by atoms with Gasteiger partial charge >= 0.3 is 0 Å². The van der Waals surface area contributed by atoms with Crippen molar-refractivity contribution >= 4 is 46.4 Å². The maximum atomic E-state index is 12.7. The lowest BCUT2D eigenvalue weighted by Gasteiger charge is -2.19. The second-order valence-electron chi connectivity index (χ2n) is 5.83.